The van der Waals surface area contributed by atoms with Crippen LogP contribution in [0.15, 0.2) is 75.8 Å². The van der Waals surface area contributed by atoms with E-state index in [1.165, 1.54) is 25.3 Å². The minimum Gasteiger partial charge on any atom is -0.497 e. The van der Waals surface area contributed by atoms with Crippen LogP contribution >= 0.6 is 0 Å². The van der Waals surface area contributed by atoms with Crippen LogP contribution in [0.4, 0.5) is 22.7 Å². The average molecular weight is 481 g/mol. The second-order valence-corrected chi connectivity index (χ2v) is 8.91. The van der Waals surface area contributed by atoms with Crippen molar-refractivity contribution >= 4 is 43.7 Å². The fraction of sp³-hybridized carbons (Fsp3) is 0.0909. The number of nitro benzene ring substituents is 1. The van der Waals surface area contributed by atoms with Gasteiger partial charge in [-0.05, 0) is 42.8 Å². The number of anilines is 1. The van der Waals surface area contributed by atoms with Crippen LogP contribution in [0.2, 0.25) is 0 Å². The van der Waals surface area contributed by atoms with Crippen LogP contribution < -0.4 is 9.46 Å². The molecule has 0 spiro atoms. The van der Waals surface area contributed by atoms with Crippen molar-refractivity contribution in [3.8, 4) is 11.6 Å². The number of nitro groups is 1. The van der Waals surface area contributed by atoms with Crippen molar-refractivity contribution < 1.29 is 23.2 Å². The van der Waals surface area contributed by atoms with Gasteiger partial charge < -0.3 is 14.8 Å². The van der Waals surface area contributed by atoms with Crippen molar-refractivity contribution in [1.29, 1.82) is 0 Å². The molecule has 0 saturated carbocycles. The van der Waals surface area contributed by atoms with Crippen LogP contribution in [0.5, 0.6) is 11.6 Å². The molecule has 1 heterocycles. The standard InChI is InChI=1S/C22H19N5O6S/c1-13-4-3-5-17-20(13)23-22(28)21(17)25-24-18-11-8-15(27(29)30)12-19(18)34(31,32)26-14-6-9-16(33-2)10-7-14/h3-12,23,26,28H,1-2H3. The Bertz CT molecular complexity index is 1530. The SMILES string of the molecule is COc1ccc(NS(=O)(=O)c2cc([N+](=O)[O-])ccc2N=Nc2c(O)[nH]c3c(C)cccc23)cc1. The van der Waals surface area contributed by atoms with Gasteiger partial charge in [0.15, 0.2) is 5.69 Å². The lowest BCUT2D eigenvalue weighted by Gasteiger charge is -2.10. The fourth-order valence-corrected chi connectivity index (χ4v) is 4.54. The summed E-state index contributed by atoms with van der Waals surface area (Å²) in [5.41, 5.74) is 1.29. The first-order valence-electron chi connectivity index (χ1n) is 9.87. The number of rotatable bonds is 7. The first kappa shape index (κ1) is 22.7. The first-order chi connectivity index (χ1) is 16.2. The van der Waals surface area contributed by atoms with Gasteiger partial charge in [-0.15, -0.1) is 10.2 Å². The van der Waals surface area contributed by atoms with Crippen LogP contribution in [0.1, 0.15) is 5.56 Å². The van der Waals surface area contributed by atoms with E-state index in [9.17, 15) is 23.6 Å². The smallest absolute Gasteiger partial charge is 0.270 e. The maximum absolute atomic E-state index is 13.1. The van der Waals surface area contributed by atoms with E-state index >= 15 is 0 Å². The minimum absolute atomic E-state index is 0.114. The Kier molecular flexibility index (Phi) is 5.90. The van der Waals surface area contributed by atoms with Crippen molar-refractivity contribution in [2.45, 2.75) is 11.8 Å². The number of aryl methyl sites for hydroxylation is 1. The number of aromatic amines is 1. The lowest BCUT2D eigenvalue weighted by Crippen LogP contribution is -2.13. The van der Waals surface area contributed by atoms with Gasteiger partial charge in [0, 0.05) is 23.2 Å². The molecule has 11 nitrogen and oxygen atoms in total. The number of para-hydroxylation sites is 1. The van der Waals surface area contributed by atoms with Crippen LogP contribution in [0, 0.1) is 17.0 Å². The monoisotopic (exact) mass is 481 g/mol. The summed E-state index contributed by atoms with van der Waals surface area (Å²) in [6, 6.07) is 14.7. The number of aromatic nitrogens is 1. The number of H-pyrrole nitrogens is 1. The summed E-state index contributed by atoms with van der Waals surface area (Å²) in [7, 11) is -2.81. The van der Waals surface area contributed by atoms with Gasteiger partial charge in [0.1, 0.15) is 16.3 Å². The lowest BCUT2D eigenvalue weighted by molar-refractivity contribution is -0.385. The summed E-state index contributed by atoms with van der Waals surface area (Å²) in [6.07, 6.45) is 0. The Labute approximate surface area is 193 Å². The van der Waals surface area contributed by atoms with Crippen LogP contribution in [0.3, 0.4) is 0 Å². The second kappa shape index (κ2) is 8.83. The molecule has 0 aliphatic heterocycles. The van der Waals surface area contributed by atoms with Crippen LogP contribution in [0.25, 0.3) is 10.9 Å². The number of azo groups is 1. The number of non-ortho nitro benzene ring substituents is 1. The molecular formula is C22H19N5O6S. The van der Waals surface area contributed by atoms with Crippen LogP contribution in [-0.2, 0) is 10.0 Å². The molecule has 0 radical (unpaired) electrons. The molecule has 3 aromatic carbocycles. The number of nitrogens with zero attached hydrogens (tertiary/aromatic N) is 3. The molecule has 0 fully saturated rings. The van der Waals surface area contributed by atoms with Gasteiger partial charge in [-0.3, -0.25) is 14.8 Å². The average Bonchev–Trinajstić information content (AvgIpc) is 3.14. The number of hydrogen-bond acceptors (Lipinski definition) is 8. The highest BCUT2D eigenvalue weighted by molar-refractivity contribution is 7.92. The molecule has 0 saturated heterocycles. The molecule has 0 atom stereocenters. The Morgan fingerprint density at radius 3 is 2.50 bits per heavy atom. The summed E-state index contributed by atoms with van der Waals surface area (Å²) in [6.45, 7) is 1.85. The van der Waals surface area contributed by atoms with Gasteiger partial charge in [-0.2, -0.15) is 0 Å². The van der Waals surface area contributed by atoms with Gasteiger partial charge in [0.2, 0.25) is 5.88 Å². The normalized spacial score (nSPS) is 11.7. The highest BCUT2D eigenvalue weighted by Crippen LogP contribution is 2.38. The molecule has 174 valence electrons. The van der Waals surface area contributed by atoms with Crippen LogP contribution in [-0.4, -0.2) is 30.5 Å². The molecule has 12 heteroatoms. The summed E-state index contributed by atoms with van der Waals surface area (Å²) >= 11 is 0. The number of hydrogen-bond donors (Lipinski definition) is 3. The molecule has 0 bridgehead atoms. The zero-order chi connectivity index (χ0) is 24.5. The number of aromatic hydroxyl groups is 1. The number of ether oxygens (including phenoxy) is 1. The van der Waals surface area contributed by atoms with E-state index in [4.69, 9.17) is 4.74 Å². The topological polar surface area (TPSA) is 159 Å². The molecule has 1 aromatic heterocycles. The number of fused-ring (bicyclic) bond motifs is 1. The highest BCUT2D eigenvalue weighted by atomic mass is 32.2. The third-order valence-electron chi connectivity index (χ3n) is 5.04. The highest BCUT2D eigenvalue weighted by Gasteiger charge is 2.23. The number of methoxy groups -OCH3 is 1. The third-order valence-corrected chi connectivity index (χ3v) is 6.45. The zero-order valence-electron chi connectivity index (χ0n) is 18.0. The number of benzene rings is 3. The van der Waals surface area contributed by atoms with Crippen molar-refractivity contribution in [3.63, 3.8) is 0 Å². The molecule has 4 rings (SSSR count). The van der Waals surface area contributed by atoms with E-state index in [2.05, 4.69) is 19.9 Å². The predicted octanol–water partition coefficient (Wildman–Crippen LogP) is 5.31. The lowest BCUT2D eigenvalue weighted by atomic mass is 10.1. The first-order valence-corrected chi connectivity index (χ1v) is 11.4. The Balaban J connectivity index is 1.77. The summed E-state index contributed by atoms with van der Waals surface area (Å²) in [5, 5.41) is 30.2. The molecule has 0 unspecified atom stereocenters. The van der Waals surface area contributed by atoms with E-state index < -0.39 is 25.5 Å². The van der Waals surface area contributed by atoms with Gasteiger partial charge in [0.25, 0.3) is 15.7 Å². The number of nitrogens with one attached hydrogen (secondary N) is 2. The van der Waals surface area contributed by atoms with Crippen molar-refractivity contribution in [1.82, 2.24) is 4.98 Å². The summed E-state index contributed by atoms with van der Waals surface area (Å²) < 4.78 is 33.7. The quantitative estimate of drug-likeness (QED) is 0.184. The maximum Gasteiger partial charge on any atom is 0.270 e. The maximum atomic E-state index is 13.1. The van der Waals surface area contributed by atoms with E-state index in [0.717, 1.165) is 17.7 Å². The zero-order valence-corrected chi connectivity index (χ0v) is 18.8. The van der Waals surface area contributed by atoms with Gasteiger partial charge in [0.05, 0.1) is 17.5 Å². The Morgan fingerprint density at radius 2 is 1.82 bits per heavy atom. The Morgan fingerprint density at radius 1 is 1.09 bits per heavy atom. The van der Waals surface area contributed by atoms with Gasteiger partial charge in [-0.1, -0.05) is 18.2 Å². The molecule has 3 N–H and O–H groups in total. The summed E-state index contributed by atoms with van der Waals surface area (Å²) in [4.78, 5) is 12.9. The van der Waals surface area contributed by atoms with E-state index in [-0.39, 0.29) is 22.9 Å². The van der Waals surface area contributed by atoms with Crippen molar-refractivity contribution in [2.24, 2.45) is 10.2 Å². The van der Waals surface area contributed by atoms with Crippen molar-refractivity contribution in [2.75, 3.05) is 11.8 Å². The molecule has 0 aliphatic carbocycles. The Hall–Kier alpha value is -4.45. The molecule has 34 heavy (non-hydrogen) atoms. The van der Waals surface area contributed by atoms with Crippen molar-refractivity contribution in [3.05, 3.63) is 76.3 Å². The molecule has 0 aliphatic rings. The fourth-order valence-electron chi connectivity index (χ4n) is 3.32. The van der Waals surface area contributed by atoms with Gasteiger partial charge >= 0.3 is 0 Å². The van der Waals surface area contributed by atoms with E-state index in [1.807, 2.05) is 13.0 Å². The minimum atomic E-state index is -4.29. The van der Waals surface area contributed by atoms with E-state index in [1.54, 1.807) is 24.3 Å². The molecular weight excluding hydrogens is 462 g/mol. The number of sulfonamides is 1. The van der Waals surface area contributed by atoms with Gasteiger partial charge in [-0.25, -0.2) is 8.42 Å². The molecule has 0 amide bonds. The predicted molar refractivity (Wildman–Crippen MR) is 126 cm³/mol. The third kappa shape index (κ3) is 4.38. The second-order valence-electron chi connectivity index (χ2n) is 7.26. The summed E-state index contributed by atoms with van der Waals surface area (Å²) in [5.74, 6) is 0.289. The van der Waals surface area contributed by atoms with E-state index in [0.29, 0.717) is 16.7 Å². The largest absolute Gasteiger partial charge is 0.497 e. The molecule has 4 aromatic rings.